The van der Waals surface area contributed by atoms with Crippen LogP contribution >= 0.6 is 0 Å². The highest BCUT2D eigenvalue weighted by molar-refractivity contribution is 5.75. The lowest BCUT2D eigenvalue weighted by molar-refractivity contribution is -0.199. The number of alkyl halides is 3. The Morgan fingerprint density at radius 1 is 1.53 bits per heavy atom. The van der Waals surface area contributed by atoms with Crippen molar-refractivity contribution >= 4 is 5.97 Å². The van der Waals surface area contributed by atoms with E-state index in [2.05, 4.69) is 9.72 Å². The molecule has 1 aromatic heterocycles. The van der Waals surface area contributed by atoms with Crippen molar-refractivity contribution < 1.29 is 22.7 Å². The summed E-state index contributed by atoms with van der Waals surface area (Å²) in [6, 6.07) is 0. The molecule has 0 aromatic carbocycles. The Kier molecular flexibility index (Phi) is 5.43. The van der Waals surface area contributed by atoms with Gasteiger partial charge in [-0.25, -0.2) is 9.78 Å². The number of esters is 1. The number of carbonyl (C=O) groups is 1. The molecule has 0 unspecified atom stereocenters. The van der Waals surface area contributed by atoms with E-state index in [0.29, 0.717) is 0 Å². The summed E-state index contributed by atoms with van der Waals surface area (Å²) in [6.45, 7) is 1.06. The monoisotopic (exact) mass is 224 g/mol. The molecule has 15 heavy (non-hydrogen) atoms. The predicted molar refractivity (Wildman–Crippen MR) is 45.9 cm³/mol. The first-order valence-corrected chi connectivity index (χ1v) is 4.03. The summed E-state index contributed by atoms with van der Waals surface area (Å²) in [5.74, 6) is -2.13. The number of rotatable bonds is 1. The Hall–Kier alpha value is -1.53. The number of hydrogen-bond donors (Lipinski definition) is 0. The summed E-state index contributed by atoms with van der Waals surface area (Å²) in [7, 11) is 1.94. The molecule has 4 nitrogen and oxygen atoms in total. The van der Waals surface area contributed by atoms with E-state index in [4.69, 9.17) is 0 Å². The van der Waals surface area contributed by atoms with Gasteiger partial charge in [-0.1, -0.05) is 0 Å². The van der Waals surface area contributed by atoms with Crippen LogP contribution in [0.3, 0.4) is 0 Å². The van der Waals surface area contributed by atoms with Gasteiger partial charge in [0.2, 0.25) is 0 Å². The number of hydrogen-bond acceptors (Lipinski definition) is 3. The average molecular weight is 224 g/mol. The van der Waals surface area contributed by atoms with E-state index in [1.54, 1.807) is 12.5 Å². The van der Waals surface area contributed by atoms with Crippen LogP contribution in [0.1, 0.15) is 6.92 Å². The SMILES string of the molecule is CCOC(=O)C(F)(F)F.Cn1ccnc1. The lowest BCUT2D eigenvalue weighted by atomic mass is 10.7. The fourth-order valence-electron chi connectivity index (χ4n) is 0.539. The number of imidazole rings is 1. The molecule has 0 atom stereocenters. The van der Waals surface area contributed by atoms with Crippen LogP contribution < -0.4 is 0 Å². The van der Waals surface area contributed by atoms with Gasteiger partial charge in [0.05, 0.1) is 12.9 Å². The largest absolute Gasteiger partial charge is 0.490 e. The number of aryl methyl sites for hydroxylation is 1. The van der Waals surface area contributed by atoms with Crippen molar-refractivity contribution in [2.75, 3.05) is 6.61 Å². The molecule has 0 aliphatic carbocycles. The molecular weight excluding hydrogens is 213 g/mol. The molecule has 86 valence electrons. The summed E-state index contributed by atoms with van der Waals surface area (Å²) in [5, 5.41) is 0. The quantitative estimate of drug-likeness (QED) is 0.679. The van der Waals surface area contributed by atoms with Crippen molar-refractivity contribution in [2.45, 2.75) is 13.1 Å². The van der Waals surface area contributed by atoms with E-state index >= 15 is 0 Å². The molecule has 0 radical (unpaired) electrons. The molecule has 0 fully saturated rings. The van der Waals surface area contributed by atoms with Crippen LogP contribution in [0.5, 0.6) is 0 Å². The Bertz CT molecular complexity index is 283. The third kappa shape index (κ3) is 6.53. The topological polar surface area (TPSA) is 44.1 Å². The van der Waals surface area contributed by atoms with Gasteiger partial charge >= 0.3 is 12.1 Å². The van der Waals surface area contributed by atoms with E-state index in [9.17, 15) is 18.0 Å². The van der Waals surface area contributed by atoms with Crippen molar-refractivity contribution in [3.63, 3.8) is 0 Å². The maximum absolute atomic E-state index is 11.2. The van der Waals surface area contributed by atoms with E-state index in [1.807, 2.05) is 17.8 Å². The Morgan fingerprint density at radius 3 is 2.27 bits per heavy atom. The second-order valence-electron chi connectivity index (χ2n) is 2.45. The van der Waals surface area contributed by atoms with Gasteiger partial charge < -0.3 is 9.30 Å². The first-order chi connectivity index (χ1) is 6.88. The molecule has 1 rings (SSSR count). The van der Waals surface area contributed by atoms with Crippen LogP contribution in [-0.2, 0) is 16.6 Å². The van der Waals surface area contributed by atoms with Gasteiger partial charge in [0, 0.05) is 19.4 Å². The van der Waals surface area contributed by atoms with E-state index in [1.165, 1.54) is 6.92 Å². The van der Waals surface area contributed by atoms with Crippen molar-refractivity contribution in [3.05, 3.63) is 18.7 Å². The highest BCUT2D eigenvalue weighted by Crippen LogP contribution is 2.15. The van der Waals surface area contributed by atoms with Crippen molar-refractivity contribution in [1.29, 1.82) is 0 Å². The number of ether oxygens (including phenoxy) is 1. The average Bonchev–Trinajstić information content (AvgIpc) is 2.56. The Morgan fingerprint density at radius 2 is 2.13 bits per heavy atom. The third-order valence-electron chi connectivity index (χ3n) is 1.14. The van der Waals surface area contributed by atoms with Crippen LogP contribution in [0.25, 0.3) is 0 Å². The van der Waals surface area contributed by atoms with Gasteiger partial charge in [-0.2, -0.15) is 13.2 Å². The lowest BCUT2D eigenvalue weighted by Gasteiger charge is -2.02. The second kappa shape index (κ2) is 6.05. The van der Waals surface area contributed by atoms with Gasteiger partial charge in [-0.05, 0) is 6.92 Å². The summed E-state index contributed by atoms with van der Waals surface area (Å²) >= 11 is 0. The maximum Gasteiger partial charge on any atom is 0.490 e. The smallest absolute Gasteiger partial charge is 0.459 e. The van der Waals surface area contributed by atoms with Crippen LogP contribution in [-0.4, -0.2) is 28.3 Å². The highest BCUT2D eigenvalue weighted by Gasteiger charge is 2.40. The van der Waals surface area contributed by atoms with Gasteiger partial charge in [0.15, 0.2) is 0 Å². The van der Waals surface area contributed by atoms with E-state index in [0.717, 1.165) is 0 Å². The Balaban J connectivity index is 0.000000280. The van der Waals surface area contributed by atoms with Crippen molar-refractivity contribution in [3.8, 4) is 0 Å². The number of nitrogens with zero attached hydrogens (tertiary/aromatic N) is 2. The molecular formula is C8H11F3N2O2. The van der Waals surface area contributed by atoms with Crippen LogP contribution in [0.4, 0.5) is 13.2 Å². The van der Waals surface area contributed by atoms with Crippen LogP contribution in [0, 0.1) is 0 Å². The zero-order valence-electron chi connectivity index (χ0n) is 8.28. The maximum atomic E-state index is 11.2. The lowest BCUT2D eigenvalue weighted by Crippen LogP contribution is -2.25. The first kappa shape index (κ1) is 13.5. The minimum Gasteiger partial charge on any atom is -0.459 e. The van der Waals surface area contributed by atoms with E-state index < -0.39 is 12.1 Å². The second-order valence-corrected chi connectivity index (χ2v) is 2.45. The molecule has 0 aliphatic heterocycles. The zero-order chi connectivity index (χ0) is 11.9. The standard InChI is InChI=1S/C4H5F3O2.C4H6N2/c1-2-9-3(8)4(5,6)7;1-6-3-2-5-4-6/h2H2,1H3;2-4H,1H3. The predicted octanol–water partition coefficient (Wildman–Crippen LogP) is 1.53. The highest BCUT2D eigenvalue weighted by atomic mass is 19.4. The van der Waals surface area contributed by atoms with E-state index in [-0.39, 0.29) is 6.61 Å². The van der Waals surface area contributed by atoms with Crippen molar-refractivity contribution in [2.24, 2.45) is 7.05 Å². The summed E-state index contributed by atoms with van der Waals surface area (Å²) in [4.78, 5) is 13.5. The van der Waals surface area contributed by atoms with Crippen LogP contribution in [0.15, 0.2) is 18.7 Å². The molecule has 7 heteroatoms. The molecule has 0 aliphatic rings. The van der Waals surface area contributed by atoms with Crippen LogP contribution in [0.2, 0.25) is 0 Å². The first-order valence-electron chi connectivity index (χ1n) is 4.03. The summed E-state index contributed by atoms with van der Waals surface area (Å²) < 4.78 is 39.0. The molecule has 0 saturated heterocycles. The number of carbonyl (C=O) groups excluding carboxylic acids is 1. The Labute approximate surface area is 84.7 Å². The number of halogens is 3. The van der Waals surface area contributed by atoms with Crippen molar-refractivity contribution in [1.82, 2.24) is 9.55 Å². The fourth-order valence-corrected chi connectivity index (χ4v) is 0.539. The van der Waals surface area contributed by atoms with Gasteiger partial charge in [0.25, 0.3) is 0 Å². The third-order valence-corrected chi connectivity index (χ3v) is 1.14. The molecule has 0 saturated carbocycles. The van der Waals surface area contributed by atoms with Gasteiger partial charge in [0.1, 0.15) is 0 Å². The van der Waals surface area contributed by atoms with Gasteiger partial charge in [-0.3, -0.25) is 0 Å². The minimum atomic E-state index is -4.85. The molecule has 1 aromatic rings. The fraction of sp³-hybridized carbons (Fsp3) is 0.500. The summed E-state index contributed by atoms with van der Waals surface area (Å²) in [5.41, 5.74) is 0. The molecule has 1 heterocycles. The molecule has 0 amide bonds. The number of aromatic nitrogens is 2. The molecule has 0 N–H and O–H groups in total. The molecule has 0 spiro atoms. The molecule has 0 bridgehead atoms. The van der Waals surface area contributed by atoms with Gasteiger partial charge in [-0.15, -0.1) is 0 Å². The normalized spacial score (nSPS) is 10.2. The minimum absolute atomic E-state index is 0.252. The zero-order valence-corrected chi connectivity index (χ0v) is 8.28. The summed E-state index contributed by atoms with van der Waals surface area (Å²) in [6.07, 6.45) is 0.538.